The first kappa shape index (κ1) is 43.2. The van der Waals surface area contributed by atoms with E-state index in [9.17, 15) is 9.59 Å². The summed E-state index contributed by atoms with van der Waals surface area (Å²) in [5.74, 6) is 2.05. The molecular weight excluding hydrogens is 876 g/mol. The van der Waals surface area contributed by atoms with E-state index in [4.69, 9.17) is 25.8 Å². The van der Waals surface area contributed by atoms with E-state index in [-0.39, 0.29) is 18.0 Å². The smallest absolute Gasteiger partial charge is 0.368 e. The van der Waals surface area contributed by atoms with Crippen molar-refractivity contribution in [1.82, 2.24) is 49.5 Å². The fraction of sp³-hybridized carbons (Fsp3) is 0.200. The highest BCUT2D eigenvalue weighted by Crippen LogP contribution is 2.35. The highest BCUT2D eigenvalue weighted by molar-refractivity contribution is 9.10. The Bertz CT molecular complexity index is 3030. The van der Waals surface area contributed by atoms with Crippen molar-refractivity contribution in [3.8, 4) is 51.0 Å². The van der Waals surface area contributed by atoms with Crippen LogP contribution >= 0.6 is 27.5 Å². The molecule has 0 saturated heterocycles. The van der Waals surface area contributed by atoms with E-state index < -0.39 is 0 Å². The first-order valence-electron chi connectivity index (χ1n) is 19.3. The molecule has 4 aromatic carbocycles. The van der Waals surface area contributed by atoms with E-state index in [1.807, 2.05) is 93.7 Å². The zero-order valence-corrected chi connectivity index (χ0v) is 37.3. The molecule has 4 aromatic heterocycles. The summed E-state index contributed by atoms with van der Waals surface area (Å²) in [5.41, 5.74) is 10.2. The summed E-state index contributed by atoms with van der Waals surface area (Å²) in [5, 5.41) is 15.9. The van der Waals surface area contributed by atoms with Gasteiger partial charge in [0, 0.05) is 65.5 Å². The number of pyridine rings is 2. The van der Waals surface area contributed by atoms with Crippen molar-refractivity contribution < 1.29 is 14.2 Å². The Kier molecular flexibility index (Phi) is 13.1. The van der Waals surface area contributed by atoms with E-state index in [0.717, 1.165) is 71.7 Å². The van der Waals surface area contributed by atoms with Crippen LogP contribution in [0.5, 0.6) is 17.2 Å². The molecule has 8 aromatic rings. The molecule has 62 heavy (non-hydrogen) atoms. The van der Waals surface area contributed by atoms with Crippen LogP contribution in [0.2, 0.25) is 5.02 Å². The van der Waals surface area contributed by atoms with Gasteiger partial charge >= 0.3 is 11.4 Å². The molecule has 0 aliphatic rings. The lowest BCUT2D eigenvalue weighted by atomic mass is 9.99. The van der Waals surface area contributed by atoms with Crippen LogP contribution in [0.1, 0.15) is 33.4 Å². The number of halogens is 2. The van der Waals surface area contributed by atoms with Crippen molar-refractivity contribution in [2.75, 3.05) is 7.11 Å². The molecule has 17 heteroatoms. The van der Waals surface area contributed by atoms with Gasteiger partial charge in [0.05, 0.1) is 29.2 Å². The van der Waals surface area contributed by atoms with E-state index in [0.29, 0.717) is 28.8 Å². The van der Waals surface area contributed by atoms with Crippen molar-refractivity contribution in [3.63, 3.8) is 0 Å². The van der Waals surface area contributed by atoms with Gasteiger partial charge in [0.25, 0.3) is 0 Å². The van der Waals surface area contributed by atoms with Gasteiger partial charge in [-0.3, -0.25) is 9.97 Å². The summed E-state index contributed by atoms with van der Waals surface area (Å²) in [6.45, 7) is 8.55. The van der Waals surface area contributed by atoms with Gasteiger partial charge in [0.15, 0.2) is 0 Å². The predicted molar refractivity (Wildman–Crippen MR) is 239 cm³/mol. The van der Waals surface area contributed by atoms with Gasteiger partial charge in [-0.25, -0.2) is 9.59 Å². The molecule has 0 N–H and O–H groups in total. The largest absolute Gasteiger partial charge is 0.497 e. The van der Waals surface area contributed by atoms with Crippen molar-refractivity contribution in [3.05, 3.63) is 167 Å². The van der Waals surface area contributed by atoms with Crippen LogP contribution < -0.4 is 25.6 Å². The Hall–Kier alpha value is -6.91. The predicted octanol–water partition coefficient (Wildman–Crippen LogP) is 7.87. The zero-order valence-electron chi connectivity index (χ0n) is 35.0. The minimum Gasteiger partial charge on any atom is -0.497 e. The minimum atomic E-state index is -0.337. The number of hydrogen-bond acceptors (Lipinski definition) is 11. The summed E-state index contributed by atoms with van der Waals surface area (Å²) < 4.78 is 23.3. The van der Waals surface area contributed by atoms with Gasteiger partial charge < -0.3 is 14.2 Å². The average Bonchev–Trinajstić information content (AvgIpc) is 3.79. The number of benzene rings is 4. The standard InChI is InChI=1S/C23H22BrN5O2.C22H20ClN5O3/c1-14-6-5-7-21(29-23(30)28(4)26-27-29)20(14)13-31-22-9-15(2)19(8-16(22)3)17-10-18(24)12-25-11-17;1-14-10-21(18(23)12-17(14)19-11-16(30-3)8-9-24-19)31-13-15-6-4-5-7-20(15)28-22(29)27(2)25-26-28/h5-12H,13H2,1-4H3;4-12H,13H2,1-3H3. The Morgan fingerprint density at radius 3 is 2.02 bits per heavy atom. The third-order valence-corrected chi connectivity index (χ3v) is 10.8. The van der Waals surface area contributed by atoms with Crippen molar-refractivity contribution in [2.24, 2.45) is 14.1 Å². The molecule has 0 unspecified atom stereocenters. The van der Waals surface area contributed by atoms with Crippen LogP contribution in [0, 0.1) is 27.7 Å². The summed E-state index contributed by atoms with van der Waals surface area (Å²) >= 11 is 10.00. The van der Waals surface area contributed by atoms with Crippen LogP contribution in [-0.4, -0.2) is 56.7 Å². The number of tetrazole rings is 2. The van der Waals surface area contributed by atoms with E-state index in [1.54, 1.807) is 45.7 Å². The monoisotopic (exact) mass is 916 g/mol. The van der Waals surface area contributed by atoms with Gasteiger partial charge in [-0.2, -0.15) is 18.7 Å². The lowest BCUT2D eigenvalue weighted by Gasteiger charge is -2.16. The normalized spacial score (nSPS) is 10.9. The second-order valence-corrected chi connectivity index (χ2v) is 15.7. The molecule has 4 heterocycles. The van der Waals surface area contributed by atoms with Gasteiger partial charge in [-0.05, 0) is 141 Å². The molecule has 0 radical (unpaired) electrons. The van der Waals surface area contributed by atoms with Gasteiger partial charge in [0.2, 0.25) is 0 Å². The Balaban J connectivity index is 0.000000186. The van der Waals surface area contributed by atoms with E-state index >= 15 is 0 Å². The molecule has 0 bridgehead atoms. The van der Waals surface area contributed by atoms with Crippen molar-refractivity contribution in [2.45, 2.75) is 40.9 Å². The number of hydrogen-bond donors (Lipinski definition) is 0. The second-order valence-electron chi connectivity index (χ2n) is 14.4. The summed E-state index contributed by atoms with van der Waals surface area (Å²) in [6, 6.07) is 26.6. The van der Waals surface area contributed by atoms with Crippen molar-refractivity contribution in [1.29, 1.82) is 0 Å². The number of para-hydroxylation sites is 1. The topological polar surface area (TPSA) is 159 Å². The first-order valence-corrected chi connectivity index (χ1v) is 20.4. The van der Waals surface area contributed by atoms with Crippen LogP contribution in [0.15, 0.2) is 118 Å². The van der Waals surface area contributed by atoms with Crippen LogP contribution in [0.25, 0.3) is 33.8 Å². The highest BCUT2D eigenvalue weighted by Gasteiger charge is 2.17. The molecule has 0 atom stereocenters. The van der Waals surface area contributed by atoms with Crippen LogP contribution in [0.4, 0.5) is 0 Å². The summed E-state index contributed by atoms with van der Waals surface area (Å²) in [7, 11) is 4.74. The fourth-order valence-corrected chi connectivity index (χ4v) is 7.27. The number of ether oxygens (including phenoxy) is 3. The average molecular weight is 918 g/mol. The summed E-state index contributed by atoms with van der Waals surface area (Å²) in [6.07, 6.45) is 5.31. The first-order chi connectivity index (χ1) is 29.8. The van der Waals surface area contributed by atoms with E-state index in [2.05, 4.69) is 59.7 Å². The zero-order chi connectivity index (χ0) is 44.1. The summed E-state index contributed by atoms with van der Waals surface area (Å²) in [4.78, 5) is 33.3. The molecule has 0 saturated carbocycles. The van der Waals surface area contributed by atoms with Crippen molar-refractivity contribution >= 4 is 27.5 Å². The molecule has 316 valence electrons. The third-order valence-electron chi connectivity index (χ3n) is 10.1. The maximum Gasteiger partial charge on any atom is 0.368 e. The molecule has 0 spiro atoms. The fourth-order valence-electron chi connectivity index (χ4n) is 6.69. The number of rotatable bonds is 11. The maximum absolute atomic E-state index is 12.4. The number of nitrogens with zero attached hydrogens (tertiary/aromatic N) is 10. The van der Waals surface area contributed by atoms with E-state index in [1.165, 1.54) is 18.7 Å². The molecule has 0 fully saturated rings. The SMILES string of the molecule is COc1ccnc(-c2cc(Cl)c(OCc3ccccc3-n3nnn(C)c3=O)cc2C)c1.Cc1cc(-c2cncc(Br)c2)c(C)cc1OCc1c(C)cccc1-n1nnn(C)c1=O. The Morgan fingerprint density at radius 2 is 1.32 bits per heavy atom. The molecular formula is C45H42BrClN10O5. The van der Waals surface area contributed by atoms with Gasteiger partial charge in [-0.1, -0.05) is 41.9 Å². The van der Waals surface area contributed by atoms with Gasteiger partial charge in [-0.15, -0.1) is 0 Å². The number of aromatic nitrogens is 10. The minimum absolute atomic E-state index is 0.203. The highest BCUT2D eigenvalue weighted by atomic mass is 79.9. The molecule has 0 aliphatic heterocycles. The number of aryl methyl sites for hydroxylation is 6. The Labute approximate surface area is 370 Å². The number of methoxy groups -OCH3 is 1. The second kappa shape index (κ2) is 18.8. The molecule has 8 rings (SSSR count). The molecule has 0 amide bonds. The van der Waals surface area contributed by atoms with Gasteiger partial charge in [0.1, 0.15) is 30.5 Å². The molecule has 15 nitrogen and oxygen atoms in total. The lowest BCUT2D eigenvalue weighted by molar-refractivity contribution is 0.302. The third kappa shape index (κ3) is 9.36. The maximum atomic E-state index is 12.4. The van der Waals surface area contributed by atoms with Crippen LogP contribution in [-0.2, 0) is 27.3 Å². The Morgan fingerprint density at radius 1 is 0.661 bits per heavy atom. The molecule has 0 aliphatic carbocycles. The quantitative estimate of drug-likeness (QED) is 0.124. The lowest BCUT2D eigenvalue weighted by Crippen LogP contribution is -2.23. The van der Waals surface area contributed by atoms with Crippen LogP contribution in [0.3, 0.4) is 0 Å².